The van der Waals surface area contributed by atoms with Gasteiger partial charge in [-0.05, 0) is 25.5 Å². The minimum Gasteiger partial charge on any atom is -0.477 e. The molecule has 0 spiro atoms. The molecule has 88 valence electrons. The van der Waals surface area contributed by atoms with Crippen molar-refractivity contribution in [3.8, 4) is 11.3 Å². The van der Waals surface area contributed by atoms with Crippen LogP contribution in [-0.2, 0) is 0 Å². The molecule has 0 saturated carbocycles. The van der Waals surface area contributed by atoms with Gasteiger partial charge in [-0.1, -0.05) is 12.1 Å². The van der Waals surface area contributed by atoms with Crippen LogP contribution in [0.25, 0.3) is 11.3 Å². The van der Waals surface area contributed by atoms with Gasteiger partial charge in [-0.15, -0.1) is 11.3 Å². The van der Waals surface area contributed by atoms with Crippen LogP contribution >= 0.6 is 11.3 Å². The van der Waals surface area contributed by atoms with E-state index in [1.165, 1.54) is 11.3 Å². The third-order valence-corrected chi connectivity index (χ3v) is 3.44. The number of hydrogen-bond acceptors (Lipinski definition) is 4. The van der Waals surface area contributed by atoms with Crippen molar-refractivity contribution in [1.29, 1.82) is 0 Å². The number of aromatic nitrogens is 1. The Morgan fingerprint density at radius 3 is 2.71 bits per heavy atom. The monoisotopic (exact) mass is 248 g/mol. The van der Waals surface area contributed by atoms with E-state index in [0.717, 1.165) is 16.1 Å². The van der Waals surface area contributed by atoms with E-state index in [4.69, 9.17) is 10.8 Å². The zero-order valence-electron chi connectivity index (χ0n) is 9.52. The molecule has 0 saturated heterocycles. The van der Waals surface area contributed by atoms with Crippen molar-refractivity contribution in [2.45, 2.75) is 13.8 Å². The molecule has 0 aliphatic rings. The van der Waals surface area contributed by atoms with Crippen LogP contribution < -0.4 is 5.73 Å². The van der Waals surface area contributed by atoms with Gasteiger partial charge in [0.1, 0.15) is 4.88 Å². The van der Waals surface area contributed by atoms with Gasteiger partial charge < -0.3 is 10.8 Å². The van der Waals surface area contributed by atoms with E-state index in [2.05, 4.69) is 4.98 Å². The highest BCUT2D eigenvalue weighted by Gasteiger charge is 2.17. The molecule has 0 aliphatic heterocycles. The highest BCUT2D eigenvalue weighted by molar-refractivity contribution is 7.14. The van der Waals surface area contributed by atoms with Crippen LogP contribution in [0.1, 0.15) is 20.2 Å². The molecule has 0 radical (unpaired) electrons. The maximum atomic E-state index is 11.1. The minimum atomic E-state index is -0.954. The molecule has 0 fully saturated rings. The van der Waals surface area contributed by atoms with E-state index >= 15 is 0 Å². The summed E-state index contributed by atoms with van der Waals surface area (Å²) < 4.78 is 0. The summed E-state index contributed by atoms with van der Waals surface area (Å²) in [5.41, 5.74) is 8.67. The SMILES string of the molecule is Cc1nc(-c2ccc(C)c(N)c2)c(C(=O)O)s1. The third kappa shape index (κ3) is 2.14. The van der Waals surface area contributed by atoms with E-state index in [1.54, 1.807) is 13.0 Å². The van der Waals surface area contributed by atoms with Crippen LogP contribution in [0.4, 0.5) is 5.69 Å². The highest BCUT2D eigenvalue weighted by atomic mass is 32.1. The zero-order chi connectivity index (χ0) is 12.6. The number of rotatable bonds is 2. The molecular formula is C12H12N2O2S. The summed E-state index contributed by atoms with van der Waals surface area (Å²) in [6.07, 6.45) is 0. The highest BCUT2D eigenvalue weighted by Crippen LogP contribution is 2.29. The van der Waals surface area contributed by atoms with Gasteiger partial charge in [-0.2, -0.15) is 0 Å². The van der Waals surface area contributed by atoms with Gasteiger partial charge in [0.05, 0.1) is 10.7 Å². The first-order valence-electron chi connectivity index (χ1n) is 5.06. The van der Waals surface area contributed by atoms with Crippen molar-refractivity contribution in [3.63, 3.8) is 0 Å². The fraction of sp³-hybridized carbons (Fsp3) is 0.167. The lowest BCUT2D eigenvalue weighted by atomic mass is 10.1. The van der Waals surface area contributed by atoms with E-state index in [-0.39, 0.29) is 4.88 Å². The molecule has 0 unspecified atom stereocenters. The number of nitrogens with zero attached hydrogens (tertiary/aromatic N) is 1. The number of anilines is 1. The molecular weight excluding hydrogens is 236 g/mol. The number of benzene rings is 1. The number of nitrogens with two attached hydrogens (primary N) is 1. The molecule has 4 nitrogen and oxygen atoms in total. The standard InChI is InChI=1S/C12H12N2O2S/c1-6-3-4-8(5-9(6)13)10-11(12(15)16)17-7(2)14-10/h3-5H,13H2,1-2H3,(H,15,16). The summed E-state index contributed by atoms with van der Waals surface area (Å²) in [4.78, 5) is 15.6. The second-order valence-corrected chi connectivity index (χ2v) is 4.99. The number of carboxylic acid groups (broad SMARTS) is 1. The fourth-order valence-corrected chi connectivity index (χ4v) is 2.34. The number of aromatic carboxylic acids is 1. The summed E-state index contributed by atoms with van der Waals surface area (Å²) in [7, 11) is 0. The molecule has 5 heteroatoms. The second-order valence-electron chi connectivity index (χ2n) is 3.79. The largest absolute Gasteiger partial charge is 0.477 e. The van der Waals surface area contributed by atoms with Gasteiger partial charge in [0, 0.05) is 11.3 Å². The molecule has 0 atom stereocenters. The third-order valence-electron chi connectivity index (χ3n) is 2.48. The fourth-order valence-electron chi connectivity index (χ4n) is 1.56. The number of thiazole rings is 1. The molecule has 1 heterocycles. The van der Waals surface area contributed by atoms with Crippen molar-refractivity contribution in [1.82, 2.24) is 4.98 Å². The maximum absolute atomic E-state index is 11.1. The van der Waals surface area contributed by atoms with E-state index in [9.17, 15) is 4.79 Å². The lowest BCUT2D eigenvalue weighted by Gasteiger charge is -2.03. The van der Waals surface area contributed by atoms with Crippen molar-refractivity contribution >= 4 is 23.0 Å². The normalized spacial score (nSPS) is 10.5. The molecule has 1 aromatic carbocycles. The molecule has 0 bridgehead atoms. The van der Waals surface area contributed by atoms with Crippen LogP contribution in [0.2, 0.25) is 0 Å². The Balaban J connectivity index is 2.59. The molecule has 1 aromatic heterocycles. The van der Waals surface area contributed by atoms with Gasteiger partial charge in [0.2, 0.25) is 0 Å². The number of carbonyl (C=O) groups is 1. The first kappa shape index (κ1) is 11.6. The number of carboxylic acids is 1. The van der Waals surface area contributed by atoms with E-state index in [0.29, 0.717) is 11.4 Å². The molecule has 2 rings (SSSR count). The quantitative estimate of drug-likeness (QED) is 0.801. The molecule has 3 N–H and O–H groups in total. The summed E-state index contributed by atoms with van der Waals surface area (Å²) in [6.45, 7) is 3.70. The van der Waals surface area contributed by atoms with Crippen molar-refractivity contribution in [3.05, 3.63) is 33.6 Å². The maximum Gasteiger partial charge on any atom is 0.348 e. The molecule has 17 heavy (non-hydrogen) atoms. The van der Waals surface area contributed by atoms with Crippen LogP contribution in [0.15, 0.2) is 18.2 Å². The Morgan fingerprint density at radius 1 is 1.41 bits per heavy atom. The summed E-state index contributed by atoms with van der Waals surface area (Å²) in [6, 6.07) is 5.47. The average Bonchev–Trinajstić information content (AvgIpc) is 2.64. The van der Waals surface area contributed by atoms with Crippen LogP contribution in [0.3, 0.4) is 0 Å². The average molecular weight is 248 g/mol. The van der Waals surface area contributed by atoms with E-state index in [1.807, 2.05) is 19.1 Å². The Hall–Kier alpha value is -1.88. The van der Waals surface area contributed by atoms with Gasteiger partial charge in [0.15, 0.2) is 0 Å². The Kier molecular flexibility index (Phi) is 2.85. The van der Waals surface area contributed by atoms with Crippen molar-refractivity contribution in [2.24, 2.45) is 0 Å². The number of nitrogen functional groups attached to an aromatic ring is 1. The lowest BCUT2D eigenvalue weighted by Crippen LogP contribution is -1.96. The van der Waals surface area contributed by atoms with E-state index < -0.39 is 5.97 Å². The smallest absolute Gasteiger partial charge is 0.348 e. The van der Waals surface area contributed by atoms with Gasteiger partial charge in [-0.25, -0.2) is 9.78 Å². The first-order chi connectivity index (χ1) is 7.99. The van der Waals surface area contributed by atoms with Gasteiger partial charge in [-0.3, -0.25) is 0 Å². The predicted octanol–water partition coefficient (Wildman–Crippen LogP) is 2.71. The first-order valence-corrected chi connectivity index (χ1v) is 5.88. The topological polar surface area (TPSA) is 76.2 Å². The molecule has 0 aliphatic carbocycles. The Morgan fingerprint density at radius 2 is 2.12 bits per heavy atom. The Bertz CT molecular complexity index is 590. The summed E-state index contributed by atoms with van der Waals surface area (Å²) in [5, 5.41) is 9.84. The Labute approximate surface area is 103 Å². The number of hydrogen-bond donors (Lipinski definition) is 2. The van der Waals surface area contributed by atoms with Crippen LogP contribution in [0.5, 0.6) is 0 Å². The van der Waals surface area contributed by atoms with Gasteiger partial charge in [0.25, 0.3) is 0 Å². The predicted molar refractivity (Wildman–Crippen MR) is 68.4 cm³/mol. The lowest BCUT2D eigenvalue weighted by molar-refractivity contribution is 0.0702. The summed E-state index contributed by atoms with van der Waals surface area (Å²) in [5.74, 6) is -0.954. The second kappa shape index (κ2) is 4.18. The van der Waals surface area contributed by atoms with Gasteiger partial charge >= 0.3 is 5.97 Å². The molecule has 2 aromatic rings. The number of aryl methyl sites for hydroxylation is 2. The minimum absolute atomic E-state index is 0.255. The summed E-state index contributed by atoms with van der Waals surface area (Å²) >= 11 is 1.18. The van der Waals surface area contributed by atoms with Crippen molar-refractivity contribution < 1.29 is 9.90 Å². The zero-order valence-corrected chi connectivity index (χ0v) is 10.3. The van der Waals surface area contributed by atoms with Crippen molar-refractivity contribution in [2.75, 3.05) is 5.73 Å². The van der Waals surface area contributed by atoms with Crippen LogP contribution in [0, 0.1) is 13.8 Å². The molecule has 0 amide bonds. The van der Waals surface area contributed by atoms with Crippen LogP contribution in [-0.4, -0.2) is 16.1 Å².